The van der Waals surface area contributed by atoms with E-state index in [-0.39, 0.29) is 11.1 Å². The molecule has 0 N–H and O–H groups in total. The van der Waals surface area contributed by atoms with Gasteiger partial charge in [-0.2, -0.15) is 0 Å². The van der Waals surface area contributed by atoms with Crippen molar-refractivity contribution in [3.05, 3.63) is 28.8 Å². The van der Waals surface area contributed by atoms with Crippen molar-refractivity contribution in [2.45, 2.75) is 98.1 Å². The molecule has 23 heavy (non-hydrogen) atoms. The fourth-order valence-electron chi connectivity index (χ4n) is 3.64. The van der Waals surface area contributed by atoms with Crippen LogP contribution in [0.5, 0.6) is 0 Å². The number of hydrogen-bond acceptors (Lipinski definition) is 0. The average Bonchev–Trinajstić information content (AvgIpc) is 2.43. The molecule has 0 aliphatic rings. The summed E-state index contributed by atoms with van der Waals surface area (Å²) in [7, 11) is -3.05. The number of hydrogen-bond donors (Lipinski definition) is 0. The predicted octanol–water partition coefficient (Wildman–Crippen LogP) is 7.00. The lowest BCUT2D eigenvalue weighted by Gasteiger charge is -2.36. The zero-order valence-corrected chi connectivity index (χ0v) is 17.9. The van der Waals surface area contributed by atoms with Crippen LogP contribution >= 0.6 is 0 Å². The summed E-state index contributed by atoms with van der Waals surface area (Å²) in [5, 5.41) is 1.11. The van der Waals surface area contributed by atoms with Gasteiger partial charge in [-0.15, -0.1) is 0 Å². The van der Waals surface area contributed by atoms with Crippen molar-refractivity contribution in [2.75, 3.05) is 0 Å². The average molecular weight is 337 g/mol. The van der Waals surface area contributed by atoms with Crippen LogP contribution < -0.4 is 5.19 Å². The molecule has 0 spiro atoms. The van der Waals surface area contributed by atoms with Crippen LogP contribution in [0.3, 0.4) is 0 Å². The molecule has 0 saturated heterocycles. The molecule has 0 fully saturated rings. The monoisotopic (exact) mass is 336 g/mol. The van der Waals surface area contributed by atoms with Gasteiger partial charge in [0.25, 0.3) is 8.41 Å². The maximum absolute atomic E-state index is 16.5. The molecule has 0 unspecified atom stereocenters. The van der Waals surface area contributed by atoms with Gasteiger partial charge in [-0.3, -0.25) is 0 Å². The first-order valence-corrected chi connectivity index (χ1v) is 11.3. The van der Waals surface area contributed by atoms with Crippen molar-refractivity contribution in [3.63, 3.8) is 0 Å². The molecule has 0 bridgehead atoms. The fraction of sp³-hybridized carbons (Fsp3) is 0.714. The van der Waals surface area contributed by atoms with Crippen molar-refractivity contribution in [1.82, 2.24) is 0 Å². The van der Waals surface area contributed by atoms with E-state index in [4.69, 9.17) is 0 Å². The molecular formula is C21H37FSi. The first-order chi connectivity index (χ1) is 10.4. The minimum Gasteiger partial charge on any atom is -0.307 e. The van der Waals surface area contributed by atoms with E-state index >= 15 is 4.11 Å². The van der Waals surface area contributed by atoms with E-state index in [0.717, 1.165) is 5.19 Å². The second-order valence-corrected chi connectivity index (χ2v) is 13.0. The van der Waals surface area contributed by atoms with E-state index in [1.54, 1.807) is 0 Å². The van der Waals surface area contributed by atoms with Crippen molar-refractivity contribution in [1.29, 1.82) is 0 Å². The number of halogens is 1. The van der Waals surface area contributed by atoms with Crippen molar-refractivity contribution >= 4 is 13.6 Å². The molecule has 1 aromatic rings. The Morgan fingerprint density at radius 2 is 1.00 bits per heavy atom. The molecule has 0 saturated carbocycles. The van der Waals surface area contributed by atoms with Gasteiger partial charge < -0.3 is 4.11 Å². The summed E-state index contributed by atoms with van der Waals surface area (Å²) in [4.78, 5) is 0. The maximum Gasteiger partial charge on any atom is 0.283 e. The molecule has 1 rings (SSSR count). The molecule has 0 radical (unpaired) electrons. The normalized spacial score (nSPS) is 13.2. The highest BCUT2D eigenvalue weighted by atomic mass is 28.4. The molecule has 0 amide bonds. The Balaban J connectivity index is 3.87. The fourth-order valence-corrected chi connectivity index (χ4v) is 7.74. The second-order valence-electron chi connectivity index (χ2n) is 8.62. The van der Waals surface area contributed by atoms with E-state index in [1.165, 1.54) is 16.7 Å². The maximum atomic E-state index is 16.5. The van der Waals surface area contributed by atoms with Crippen LogP contribution in [0.15, 0.2) is 12.1 Å². The lowest BCUT2D eigenvalue weighted by molar-refractivity contribution is 0.691. The highest BCUT2D eigenvalue weighted by Gasteiger charge is 2.47. The van der Waals surface area contributed by atoms with E-state index in [0.29, 0.717) is 17.8 Å². The Kier molecular flexibility index (Phi) is 6.66. The van der Waals surface area contributed by atoms with Crippen molar-refractivity contribution < 1.29 is 4.11 Å². The second kappa shape index (κ2) is 7.50. The minimum absolute atomic E-state index is 0.0994. The van der Waals surface area contributed by atoms with Gasteiger partial charge >= 0.3 is 0 Å². The Labute approximate surface area is 145 Å². The van der Waals surface area contributed by atoms with Crippen LogP contribution in [-0.2, 0) is 0 Å². The van der Waals surface area contributed by atoms with Crippen molar-refractivity contribution in [2.24, 2.45) is 0 Å². The molecule has 1 aromatic carbocycles. The summed E-state index contributed by atoms with van der Waals surface area (Å²) in [5.41, 5.74) is 4.07. The zero-order valence-electron chi connectivity index (χ0n) is 16.9. The van der Waals surface area contributed by atoms with Gasteiger partial charge in [-0.25, -0.2) is 0 Å². The topological polar surface area (TPSA) is 0 Å². The Bertz CT molecular complexity index is 490. The van der Waals surface area contributed by atoms with Crippen LogP contribution in [0.1, 0.15) is 104 Å². The van der Waals surface area contributed by atoms with Crippen LogP contribution in [0.2, 0.25) is 11.1 Å². The van der Waals surface area contributed by atoms with E-state index in [1.807, 2.05) is 0 Å². The van der Waals surface area contributed by atoms with Crippen LogP contribution in [0, 0.1) is 0 Å². The Hall–Kier alpha value is -0.633. The smallest absolute Gasteiger partial charge is 0.283 e. The summed E-state index contributed by atoms with van der Waals surface area (Å²) in [6, 6.07) is 4.59. The predicted molar refractivity (Wildman–Crippen MR) is 105 cm³/mol. The summed E-state index contributed by atoms with van der Waals surface area (Å²) in [6.07, 6.45) is 0. The summed E-state index contributed by atoms with van der Waals surface area (Å²) >= 11 is 0. The van der Waals surface area contributed by atoms with Crippen LogP contribution in [-0.4, -0.2) is 8.41 Å². The summed E-state index contributed by atoms with van der Waals surface area (Å²) in [5.74, 6) is 1.20. The van der Waals surface area contributed by atoms with Crippen LogP contribution in [0.4, 0.5) is 4.11 Å². The standard InChI is InChI=1S/C21H37FSi/c1-13(2)18-11-19(14(3)4)21(20(12-18)15(5)6)23(22,16(7)8)17(9)10/h11-17H,1-10H3. The Morgan fingerprint density at radius 1 is 0.652 bits per heavy atom. The highest BCUT2D eigenvalue weighted by Crippen LogP contribution is 2.38. The van der Waals surface area contributed by atoms with Gasteiger partial charge in [0.15, 0.2) is 0 Å². The molecule has 0 nitrogen and oxygen atoms in total. The third-order valence-electron chi connectivity index (χ3n) is 5.20. The highest BCUT2D eigenvalue weighted by molar-refractivity contribution is 6.89. The van der Waals surface area contributed by atoms with E-state index in [9.17, 15) is 0 Å². The molecular weight excluding hydrogens is 299 g/mol. The summed E-state index contributed by atoms with van der Waals surface area (Å²) < 4.78 is 16.5. The van der Waals surface area contributed by atoms with E-state index in [2.05, 4.69) is 81.4 Å². The third-order valence-corrected chi connectivity index (χ3v) is 9.90. The quantitative estimate of drug-likeness (QED) is 0.387. The van der Waals surface area contributed by atoms with E-state index < -0.39 is 8.41 Å². The molecule has 0 atom stereocenters. The van der Waals surface area contributed by atoms with Gasteiger partial charge in [0, 0.05) is 0 Å². The molecule has 0 heterocycles. The van der Waals surface area contributed by atoms with Gasteiger partial charge in [-0.1, -0.05) is 81.4 Å². The molecule has 0 aromatic heterocycles. The van der Waals surface area contributed by atoms with Crippen molar-refractivity contribution in [3.8, 4) is 0 Å². The molecule has 0 aliphatic carbocycles. The zero-order chi connectivity index (χ0) is 18.1. The number of rotatable bonds is 6. The van der Waals surface area contributed by atoms with Gasteiger partial charge in [0.1, 0.15) is 0 Å². The lowest BCUT2D eigenvalue weighted by Crippen LogP contribution is -2.53. The molecule has 132 valence electrons. The first-order valence-electron chi connectivity index (χ1n) is 9.31. The van der Waals surface area contributed by atoms with Gasteiger partial charge in [0.2, 0.25) is 0 Å². The SMILES string of the molecule is CC(C)c1cc(C(C)C)c([Si](F)(C(C)C)C(C)C)c(C(C)C)c1. The third kappa shape index (κ3) is 3.89. The summed E-state index contributed by atoms with van der Waals surface area (Å²) in [6.45, 7) is 21.6. The largest absolute Gasteiger partial charge is 0.307 e. The Morgan fingerprint density at radius 3 is 1.22 bits per heavy atom. The van der Waals surface area contributed by atoms with Gasteiger partial charge in [0.05, 0.1) is 0 Å². The first kappa shape index (κ1) is 20.4. The lowest BCUT2D eigenvalue weighted by atomic mass is 9.89. The van der Waals surface area contributed by atoms with Gasteiger partial charge in [-0.05, 0) is 50.7 Å². The number of benzene rings is 1. The minimum atomic E-state index is -3.05. The van der Waals surface area contributed by atoms with Crippen LogP contribution in [0.25, 0.3) is 0 Å². The molecule has 0 aliphatic heterocycles. The molecule has 2 heteroatoms.